The predicted octanol–water partition coefficient (Wildman–Crippen LogP) is 5.71. The molecular formula is C20H21F6NO4S. The first-order valence-electron chi connectivity index (χ1n) is 9.43. The lowest BCUT2D eigenvalue weighted by Crippen LogP contribution is -2.20. The minimum absolute atomic E-state index is 0.128. The molecule has 0 unspecified atom stereocenters. The number of hydrogen-bond acceptors (Lipinski definition) is 4. The van der Waals surface area contributed by atoms with Crippen molar-refractivity contribution in [3.8, 4) is 11.5 Å². The average Bonchev–Trinajstić information content (AvgIpc) is 2.68. The fraction of sp³-hybridized carbons (Fsp3) is 0.400. The summed E-state index contributed by atoms with van der Waals surface area (Å²) in [5.74, 6) is -1.04. The van der Waals surface area contributed by atoms with Crippen LogP contribution in [-0.4, -0.2) is 34.0 Å². The Hall–Kier alpha value is -2.63. The van der Waals surface area contributed by atoms with E-state index >= 15 is 0 Å². The van der Waals surface area contributed by atoms with Crippen LogP contribution in [-0.2, 0) is 16.4 Å². The van der Waals surface area contributed by atoms with Crippen LogP contribution in [0.3, 0.4) is 0 Å². The summed E-state index contributed by atoms with van der Waals surface area (Å²) in [6.07, 6.45) is -6.75. The Morgan fingerprint density at radius 1 is 0.844 bits per heavy atom. The summed E-state index contributed by atoms with van der Waals surface area (Å²) in [6.45, 7) is -1.43. The summed E-state index contributed by atoms with van der Waals surface area (Å²) in [4.78, 5) is -0.128. The molecule has 0 aliphatic rings. The number of rotatable bonds is 10. The zero-order valence-corrected chi connectivity index (χ0v) is 17.7. The zero-order valence-electron chi connectivity index (χ0n) is 16.9. The lowest BCUT2D eigenvalue weighted by Gasteiger charge is -2.15. The molecule has 1 N–H and O–H groups in total. The molecule has 0 saturated carbocycles. The van der Waals surface area contributed by atoms with Crippen molar-refractivity contribution in [3.05, 3.63) is 48.0 Å². The second kappa shape index (κ2) is 10.3. The van der Waals surface area contributed by atoms with Crippen molar-refractivity contribution < 1.29 is 44.2 Å². The minimum Gasteiger partial charge on any atom is -0.484 e. The van der Waals surface area contributed by atoms with E-state index in [9.17, 15) is 34.8 Å². The third-order valence-corrected chi connectivity index (χ3v) is 5.39. The maximum atomic E-state index is 12.6. The number of ether oxygens (including phenoxy) is 2. The van der Waals surface area contributed by atoms with E-state index in [2.05, 4.69) is 14.2 Å². The van der Waals surface area contributed by atoms with Crippen LogP contribution in [0.2, 0.25) is 0 Å². The number of anilines is 1. The molecule has 178 valence electrons. The number of unbranched alkanes of at least 4 members (excludes halogenated alkanes) is 1. The van der Waals surface area contributed by atoms with Crippen LogP contribution in [0.1, 0.15) is 25.3 Å². The molecule has 0 aliphatic heterocycles. The highest BCUT2D eigenvalue weighted by atomic mass is 32.2. The molecule has 0 heterocycles. The number of hydrogen-bond donors (Lipinski definition) is 1. The van der Waals surface area contributed by atoms with Crippen LogP contribution in [0.25, 0.3) is 0 Å². The molecule has 0 atom stereocenters. The molecule has 2 aromatic carbocycles. The van der Waals surface area contributed by atoms with Gasteiger partial charge in [0, 0.05) is 18.2 Å². The van der Waals surface area contributed by atoms with Crippen LogP contribution in [0, 0.1) is 0 Å². The van der Waals surface area contributed by atoms with Gasteiger partial charge in [-0.3, -0.25) is 4.72 Å². The third-order valence-electron chi connectivity index (χ3n) is 3.99. The van der Waals surface area contributed by atoms with E-state index < -0.39 is 47.1 Å². The summed E-state index contributed by atoms with van der Waals surface area (Å²) >= 11 is 0. The van der Waals surface area contributed by atoms with E-state index in [1.165, 1.54) is 12.1 Å². The molecule has 0 saturated heterocycles. The SMILES string of the molecule is CCCCc1ccc(S(=O)(=O)Nc2cc(OCC(F)(F)F)cc(OCC(F)(F)F)c2)cc1. The van der Waals surface area contributed by atoms with Gasteiger partial charge in [-0.25, -0.2) is 8.42 Å². The Balaban J connectivity index is 2.26. The summed E-state index contributed by atoms with van der Waals surface area (Å²) < 4.78 is 111. The lowest BCUT2D eigenvalue weighted by molar-refractivity contribution is -0.153. The van der Waals surface area contributed by atoms with Gasteiger partial charge in [0.2, 0.25) is 0 Å². The molecular weight excluding hydrogens is 464 g/mol. The van der Waals surface area contributed by atoms with Crippen molar-refractivity contribution in [2.75, 3.05) is 17.9 Å². The Labute approximate surface area is 181 Å². The zero-order chi connectivity index (χ0) is 24.0. The third kappa shape index (κ3) is 8.85. The smallest absolute Gasteiger partial charge is 0.422 e. The van der Waals surface area contributed by atoms with Crippen molar-refractivity contribution in [1.29, 1.82) is 0 Å². The second-order valence-electron chi connectivity index (χ2n) is 6.85. The van der Waals surface area contributed by atoms with Gasteiger partial charge in [-0.2, -0.15) is 26.3 Å². The van der Waals surface area contributed by atoms with Crippen molar-refractivity contribution in [2.24, 2.45) is 0 Å². The highest BCUT2D eigenvalue weighted by Gasteiger charge is 2.30. The van der Waals surface area contributed by atoms with Gasteiger partial charge < -0.3 is 9.47 Å². The van der Waals surface area contributed by atoms with Crippen molar-refractivity contribution in [3.63, 3.8) is 0 Å². The number of alkyl halides is 6. The lowest BCUT2D eigenvalue weighted by atomic mass is 10.1. The molecule has 0 aromatic heterocycles. The molecule has 32 heavy (non-hydrogen) atoms. The molecule has 2 aromatic rings. The topological polar surface area (TPSA) is 64.6 Å². The number of aryl methyl sites for hydroxylation is 1. The molecule has 2 rings (SSSR count). The minimum atomic E-state index is -4.71. The molecule has 12 heteroatoms. The number of sulfonamides is 1. The first kappa shape index (κ1) is 25.6. The van der Waals surface area contributed by atoms with E-state index in [-0.39, 0.29) is 10.6 Å². The molecule has 5 nitrogen and oxygen atoms in total. The Bertz CT molecular complexity index is 952. The van der Waals surface area contributed by atoms with Crippen molar-refractivity contribution in [2.45, 2.75) is 43.4 Å². The molecule has 0 fully saturated rings. The van der Waals surface area contributed by atoms with Crippen LogP contribution in [0.15, 0.2) is 47.4 Å². The standard InChI is InChI=1S/C20H21F6NO4S/c1-2-3-4-14-5-7-18(8-6-14)32(28,29)27-15-9-16(30-12-19(21,22)23)11-17(10-15)31-13-20(24,25)26/h5-11,27H,2-4,12-13H2,1H3. The quantitative estimate of drug-likeness (QED) is 0.438. The van der Waals surface area contributed by atoms with Gasteiger partial charge in [-0.1, -0.05) is 25.5 Å². The van der Waals surface area contributed by atoms with E-state index in [1.54, 1.807) is 12.1 Å². The van der Waals surface area contributed by atoms with Crippen LogP contribution >= 0.6 is 0 Å². The highest BCUT2D eigenvalue weighted by molar-refractivity contribution is 7.92. The van der Waals surface area contributed by atoms with E-state index in [0.717, 1.165) is 43.0 Å². The predicted molar refractivity (Wildman–Crippen MR) is 105 cm³/mol. The summed E-state index contributed by atoms with van der Waals surface area (Å²) in [5.41, 5.74) is 0.605. The fourth-order valence-corrected chi connectivity index (χ4v) is 3.60. The summed E-state index contributed by atoms with van der Waals surface area (Å²) in [5, 5.41) is 0. The monoisotopic (exact) mass is 485 g/mol. The van der Waals surface area contributed by atoms with Crippen LogP contribution in [0.4, 0.5) is 32.0 Å². The Morgan fingerprint density at radius 2 is 1.34 bits per heavy atom. The number of benzene rings is 2. The average molecular weight is 485 g/mol. The summed E-state index contributed by atoms with van der Waals surface area (Å²) in [6, 6.07) is 8.61. The van der Waals surface area contributed by atoms with E-state index in [4.69, 9.17) is 0 Å². The molecule has 0 radical (unpaired) electrons. The normalized spacial score (nSPS) is 12.5. The van der Waals surface area contributed by atoms with Gasteiger partial charge in [0.05, 0.1) is 10.6 Å². The molecule has 0 bridgehead atoms. The Morgan fingerprint density at radius 3 is 1.78 bits per heavy atom. The van der Waals surface area contributed by atoms with Gasteiger partial charge in [0.15, 0.2) is 13.2 Å². The van der Waals surface area contributed by atoms with E-state index in [0.29, 0.717) is 0 Å². The van der Waals surface area contributed by atoms with Crippen molar-refractivity contribution >= 4 is 15.7 Å². The van der Waals surface area contributed by atoms with E-state index in [1.807, 2.05) is 6.92 Å². The fourth-order valence-electron chi connectivity index (χ4n) is 2.56. The molecule has 0 aliphatic carbocycles. The highest BCUT2D eigenvalue weighted by Crippen LogP contribution is 2.30. The van der Waals surface area contributed by atoms with Gasteiger partial charge in [0.1, 0.15) is 11.5 Å². The van der Waals surface area contributed by atoms with Crippen LogP contribution < -0.4 is 14.2 Å². The Kier molecular flexibility index (Phi) is 8.27. The molecule has 0 amide bonds. The first-order chi connectivity index (χ1) is 14.8. The van der Waals surface area contributed by atoms with Gasteiger partial charge >= 0.3 is 12.4 Å². The molecule has 0 spiro atoms. The second-order valence-corrected chi connectivity index (χ2v) is 8.54. The van der Waals surface area contributed by atoms with Gasteiger partial charge in [-0.05, 0) is 30.5 Å². The summed E-state index contributed by atoms with van der Waals surface area (Å²) in [7, 11) is -4.18. The number of nitrogens with one attached hydrogen (secondary N) is 1. The maximum absolute atomic E-state index is 12.6. The van der Waals surface area contributed by atoms with Crippen molar-refractivity contribution in [1.82, 2.24) is 0 Å². The largest absolute Gasteiger partial charge is 0.484 e. The van der Waals surface area contributed by atoms with Crippen LogP contribution in [0.5, 0.6) is 11.5 Å². The number of halogens is 6. The van der Waals surface area contributed by atoms with Gasteiger partial charge in [-0.15, -0.1) is 0 Å². The first-order valence-corrected chi connectivity index (χ1v) is 10.9. The van der Waals surface area contributed by atoms with Gasteiger partial charge in [0.25, 0.3) is 10.0 Å². The maximum Gasteiger partial charge on any atom is 0.422 e.